The van der Waals surface area contributed by atoms with E-state index in [-0.39, 0.29) is 11.8 Å². The topological polar surface area (TPSA) is 61.4 Å². The van der Waals surface area contributed by atoms with Crippen LogP contribution in [0.3, 0.4) is 0 Å². The number of anilines is 2. The number of aryl methyl sites for hydroxylation is 1. The monoisotopic (exact) mass is 381 g/mol. The SMILES string of the molecule is CCN(CC)C(=O)C1CCCN(c2nc(C)cc(NCc3ccccc3)n2)C1. The highest BCUT2D eigenvalue weighted by atomic mass is 16.2. The second-order valence-corrected chi connectivity index (χ2v) is 7.33. The summed E-state index contributed by atoms with van der Waals surface area (Å²) in [5.74, 6) is 1.82. The van der Waals surface area contributed by atoms with Crippen molar-refractivity contribution < 1.29 is 4.79 Å². The van der Waals surface area contributed by atoms with Gasteiger partial charge in [0.25, 0.3) is 0 Å². The fourth-order valence-corrected chi connectivity index (χ4v) is 3.73. The van der Waals surface area contributed by atoms with Gasteiger partial charge in [0.2, 0.25) is 11.9 Å². The van der Waals surface area contributed by atoms with Gasteiger partial charge in [-0.1, -0.05) is 30.3 Å². The van der Waals surface area contributed by atoms with Crippen LogP contribution in [0.25, 0.3) is 0 Å². The first-order valence-electron chi connectivity index (χ1n) is 10.3. The summed E-state index contributed by atoms with van der Waals surface area (Å²) in [5, 5.41) is 3.40. The van der Waals surface area contributed by atoms with E-state index in [1.54, 1.807) is 0 Å². The highest BCUT2D eigenvalue weighted by Gasteiger charge is 2.29. The molecule has 1 aromatic heterocycles. The standard InChI is InChI=1S/C22H31N5O/c1-4-26(5-2)21(28)19-12-9-13-27(16-19)22-24-17(3)14-20(25-22)23-15-18-10-7-6-8-11-18/h6-8,10-11,14,19H,4-5,9,12-13,15-16H2,1-3H3,(H,23,24,25). The molecule has 1 amide bonds. The molecule has 28 heavy (non-hydrogen) atoms. The average molecular weight is 382 g/mol. The Balaban J connectivity index is 1.70. The van der Waals surface area contributed by atoms with Crippen molar-refractivity contribution in [1.29, 1.82) is 0 Å². The first-order valence-corrected chi connectivity index (χ1v) is 10.3. The molecule has 1 atom stereocenters. The second kappa shape index (κ2) is 9.53. The number of aromatic nitrogens is 2. The molecule has 1 aliphatic heterocycles. The first kappa shape index (κ1) is 20.1. The Morgan fingerprint density at radius 3 is 2.68 bits per heavy atom. The van der Waals surface area contributed by atoms with Crippen molar-refractivity contribution in [2.45, 2.75) is 40.2 Å². The van der Waals surface area contributed by atoms with Crippen LogP contribution in [0.1, 0.15) is 37.9 Å². The number of nitrogens with one attached hydrogen (secondary N) is 1. The molecule has 1 aromatic carbocycles. The molecule has 1 fully saturated rings. The maximum atomic E-state index is 12.8. The minimum atomic E-state index is 0.0264. The average Bonchev–Trinajstić information content (AvgIpc) is 2.73. The molecule has 150 valence electrons. The van der Waals surface area contributed by atoms with Gasteiger partial charge in [-0.05, 0) is 39.2 Å². The number of benzene rings is 1. The summed E-state index contributed by atoms with van der Waals surface area (Å²) in [6.07, 6.45) is 1.93. The second-order valence-electron chi connectivity index (χ2n) is 7.33. The lowest BCUT2D eigenvalue weighted by Gasteiger charge is -2.34. The molecule has 0 bridgehead atoms. The Bertz CT molecular complexity index is 776. The van der Waals surface area contributed by atoms with Crippen LogP contribution in [0.15, 0.2) is 36.4 Å². The predicted octanol–water partition coefficient (Wildman–Crippen LogP) is 3.48. The molecule has 1 unspecified atom stereocenters. The summed E-state index contributed by atoms with van der Waals surface area (Å²) in [7, 11) is 0. The van der Waals surface area contributed by atoms with Gasteiger partial charge >= 0.3 is 0 Å². The van der Waals surface area contributed by atoms with E-state index in [4.69, 9.17) is 4.98 Å². The number of amides is 1. The van der Waals surface area contributed by atoms with E-state index in [0.29, 0.717) is 12.5 Å². The van der Waals surface area contributed by atoms with Crippen LogP contribution in [-0.4, -0.2) is 47.0 Å². The number of hydrogen-bond acceptors (Lipinski definition) is 5. The van der Waals surface area contributed by atoms with Gasteiger partial charge in [-0.3, -0.25) is 4.79 Å². The van der Waals surface area contributed by atoms with Crippen LogP contribution in [0.2, 0.25) is 0 Å². The third-order valence-corrected chi connectivity index (χ3v) is 5.29. The van der Waals surface area contributed by atoms with Gasteiger partial charge in [0.1, 0.15) is 5.82 Å². The zero-order valence-electron chi connectivity index (χ0n) is 17.2. The molecular formula is C22H31N5O. The van der Waals surface area contributed by atoms with E-state index in [1.165, 1.54) is 5.56 Å². The number of carbonyl (C=O) groups excluding carboxylic acids is 1. The predicted molar refractivity (Wildman–Crippen MR) is 113 cm³/mol. The van der Waals surface area contributed by atoms with E-state index in [0.717, 1.165) is 50.5 Å². The summed E-state index contributed by atoms with van der Waals surface area (Å²) in [5.41, 5.74) is 2.14. The van der Waals surface area contributed by atoms with Gasteiger partial charge in [0.15, 0.2) is 0 Å². The van der Waals surface area contributed by atoms with Crippen molar-refractivity contribution in [3.63, 3.8) is 0 Å². The van der Waals surface area contributed by atoms with Gasteiger partial charge in [0.05, 0.1) is 5.92 Å². The molecule has 2 aromatic rings. The molecule has 1 saturated heterocycles. The Morgan fingerprint density at radius 2 is 1.96 bits per heavy atom. The fraction of sp³-hybridized carbons (Fsp3) is 0.500. The number of nitrogens with zero attached hydrogens (tertiary/aromatic N) is 4. The van der Waals surface area contributed by atoms with Crippen molar-refractivity contribution in [1.82, 2.24) is 14.9 Å². The van der Waals surface area contributed by atoms with E-state index in [9.17, 15) is 4.79 Å². The molecule has 0 aliphatic carbocycles. The lowest BCUT2D eigenvalue weighted by atomic mass is 9.96. The Labute approximate surface area is 168 Å². The van der Waals surface area contributed by atoms with Crippen molar-refractivity contribution in [2.75, 3.05) is 36.4 Å². The van der Waals surface area contributed by atoms with Crippen LogP contribution >= 0.6 is 0 Å². The van der Waals surface area contributed by atoms with Crippen LogP contribution < -0.4 is 10.2 Å². The summed E-state index contributed by atoms with van der Waals surface area (Å²) < 4.78 is 0. The Hall–Kier alpha value is -2.63. The molecule has 6 nitrogen and oxygen atoms in total. The zero-order chi connectivity index (χ0) is 19.9. The summed E-state index contributed by atoms with van der Waals surface area (Å²) in [6.45, 7) is 9.90. The molecule has 0 spiro atoms. The zero-order valence-corrected chi connectivity index (χ0v) is 17.2. The van der Waals surface area contributed by atoms with Crippen LogP contribution in [0, 0.1) is 12.8 Å². The number of carbonyl (C=O) groups is 1. The molecule has 3 rings (SSSR count). The summed E-state index contributed by atoms with van der Waals surface area (Å²) in [4.78, 5) is 26.2. The van der Waals surface area contributed by atoms with Crippen LogP contribution in [-0.2, 0) is 11.3 Å². The maximum absolute atomic E-state index is 12.8. The van der Waals surface area contributed by atoms with E-state index in [2.05, 4.69) is 27.3 Å². The number of rotatable bonds is 7. The summed E-state index contributed by atoms with van der Waals surface area (Å²) >= 11 is 0. The molecule has 6 heteroatoms. The smallest absolute Gasteiger partial charge is 0.227 e. The largest absolute Gasteiger partial charge is 0.366 e. The molecule has 2 heterocycles. The third-order valence-electron chi connectivity index (χ3n) is 5.29. The van der Waals surface area contributed by atoms with E-state index in [1.807, 2.05) is 49.9 Å². The lowest BCUT2D eigenvalue weighted by molar-refractivity contribution is -0.135. The molecule has 0 saturated carbocycles. The van der Waals surface area contributed by atoms with Gasteiger partial charge in [-0.2, -0.15) is 4.98 Å². The summed E-state index contributed by atoms with van der Waals surface area (Å²) in [6, 6.07) is 12.2. The van der Waals surface area contributed by atoms with Crippen LogP contribution in [0.4, 0.5) is 11.8 Å². The van der Waals surface area contributed by atoms with E-state index >= 15 is 0 Å². The van der Waals surface area contributed by atoms with Gasteiger partial charge in [0, 0.05) is 44.5 Å². The Morgan fingerprint density at radius 1 is 1.21 bits per heavy atom. The quantitative estimate of drug-likeness (QED) is 0.796. The third kappa shape index (κ3) is 5.00. The normalized spacial score (nSPS) is 16.7. The van der Waals surface area contributed by atoms with Crippen molar-refractivity contribution in [3.05, 3.63) is 47.7 Å². The first-order chi connectivity index (χ1) is 13.6. The van der Waals surface area contributed by atoms with Crippen LogP contribution in [0.5, 0.6) is 0 Å². The minimum Gasteiger partial charge on any atom is -0.366 e. The number of piperidine rings is 1. The fourth-order valence-electron chi connectivity index (χ4n) is 3.73. The minimum absolute atomic E-state index is 0.0264. The van der Waals surface area contributed by atoms with Gasteiger partial charge < -0.3 is 15.1 Å². The molecule has 1 N–H and O–H groups in total. The molecule has 0 radical (unpaired) electrons. The maximum Gasteiger partial charge on any atom is 0.227 e. The van der Waals surface area contributed by atoms with E-state index < -0.39 is 0 Å². The lowest BCUT2D eigenvalue weighted by Crippen LogP contribution is -2.45. The van der Waals surface area contributed by atoms with Crippen molar-refractivity contribution in [3.8, 4) is 0 Å². The van der Waals surface area contributed by atoms with Crippen molar-refractivity contribution >= 4 is 17.7 Å². The highest BCUT2D eigenvalue weighted by Crippen LogP contribution is 2.23. The number of hydrogen-bond donors (Lipinski definition) is 1. The van der Waals surface area contributed by atoms with Gasteiger partial charge in [-0.25, -0.2) is 4.98 Å². The van der Waals surface area contributed by atoms with Gasteiger partial charge in [-0.15, -0.1) is 0 Å². The molecular weight excluding hydrogens is 350 g/mol. The molecule has 1 aliphatic rings. The Kier molecular flexibility index (Phi) is 6.85. The highest BCUT2D eigenvalue weighted by molar-refractivity contribution is 5.79. The van der Waals surface area contributed by atoms with Crippen molar-refractivity contribution in [2.24, 2.45) is 5.92 Å².